The predicted molar refractivity (Wildman–Crippen MR) is 94.0 cm³/mol. The molecule has 0 radical (unpaired) electrons. The van der Waals surface area contributed by atoms with Crippen molar-refractivity contribution in [1.29, 1.82) is 0 Å². The lowest BCUT2D eigenvalue weighted by molar-refractivity contribution is -0.334. The van der Waals surface area contributed by atoms with Crippen LogP contribution in [-0.2, 0) is 28.6 Å². The summed E-state index contributed by atoms with van der Waals surface area (Å²) in [6, 6.07) is 0. The third-order valence-electron chi connectivity index (χ3n) is 3.52. The van der Waals surface area contributed by atoms with Crippen LogP contribution in [0, 0.1) is 0 Å². The number of ether oxygens (including phenoxy) is 3. The van der Waals surface area contributed by atoms with Gasteiger partial charge < -0.3 is 29.5 Å². The van der Waals surface area contributed by atoms with Gasteiger partial charge in [0.1, 0.15) is 0 Å². The minimum atomic E-state index is -2.81. The van der Waals surface area contributed by atoms with E-state index in [1.807, 2.05) is 0 Å². The van der Waals surface area contributed by atoms with E-state index in [0.29, 0.717) is 0 Å². The summed E-state index contributed by atoms with van der Waals surface area (Å²) in [6.45, 7) is 12.7. The van der Waals surface area contributed by atoms with Gasteiger partial charge in [-0.2, -0.15) is 0 Å². The maximum atomic E-state index is 12.1. The zero-order valence-corrected chi connectivity index (χ0v) is 15.9. The van der Waals surface area contributed by atoms with Crippen molar-refractivity contribution in [3.8, 4) is 0 Å². The molecule has 0 aromatic rings. The standard InChI is InChI=1S/C18H26O9/c1-10(2)14(21)25-13(7)18(17(24,8-19)9-20,26-15(22)11(3)4)27-16(23)12(5)6/h13,19-20,24H,1,3,5,8-9H2,2,4,6-7H3. The molecule has 3 N–H and O–H groups in total. The van der Waals surface area contributed by atoms with E-state index in [1.54, 1.807) is 0 Å². The number of hydrogen-bond acceptors (Lipinski definition) is 9. The van der Waals surface area contributed by atoms with Gasteiger partial charge in [0.05, 0.1) is 13.2 Å². The minimum absolute atomic E-state index is 0.0373. The summed E-state index contributed by atoms with van der Waals surface area (Å²) in [5, 5.41) is 29.9. The van der Waals surface area contributed by atoms with Gasteiger partial charge in [0.2, 0.25) is 0 Å². The molecule has 9 heteroatoms. The molecule has 0 aromatic heterocycles. The molecule has 0 fully saturated rings. The number of esters is 3. The number of rotatable bonds is 10. The van der Waals surface area contributed by atoms with Crippen LogP contribution < -0.4 is 0 Å². The molecule has 0 spiro atoms. The first-order chi connectivity index (χ1) is 12.3. The van der Waals surface area contributed by atoms with Gasteiger partial charge in [-0.1, -0.05) is 19.7 Å². The van der Waals surface area contributed by atoms with Crippen molar-refractivity contribution in [2.75, 3.05) is 13.2 Å². The molecule has 152 valence electrons. The van der Waals surface area contributed by atoms with Crippen LogP contribution in [0.2, 0.25) is 0 Å². The van der Waals surface area contributed by atoms with Gasteiger partial charge in [-0.15, -0.1) is 0 Å². The van der Waals surface area contributed by atoms with Crippen molar-refractivity contribution in [3.63, 3.8) is 0 Å². The molecule has 0 rings (SSSR count). The van der Waals surface area contributed by atoms with E-state index in [1.165, 1.54) is 20.8 Å². The average molecular weight is 386 g/mol. The van der Waals surface area contributed by atoms with Crippen LogP contribution in [0.15, 0.2) is 36.5 Å². The molecule has 0 aliphatic heterocycles. The maximum Gasteiger partial charge on any atom is 0.336 e. The smallest absolute Gasteiger partial charge is 0.336 e. The number of hydrogen-bond donors (Lipinski definition) is 3. The van der Waals surface area contributed by atoms with Crippen molar-refractivity contribution in [2.24, 2.45) is 0 Å². The molecular weight excluding hydrogens is 360 g/mol. The highest BCUT2D eigenvalue weighted by atomic mass is 16.8. The number of aliphatic hydroxyl groups is 3. The van der Waals surface area contributed by atoms with Crippen molar-refractivity contribution < 1.29 is 43.9 Å². The molecule has 0 aliphatic carbocycles. The fourth-order valence-electron chi connectivity index (χ4n) is 1.81. The Bertz CT molecular complexity index is 615. The van der Waals surface area contributed by atoms with Gasteiger partial charge in [0.25, 0.3) is 0 Å². The fourth-order valence-corrected chi connectivity index (χ4v) is 1.81. The Hall–Kier alpha value is -2.49. The molecule has 0 saturated carbocycles. The molecule has 1 unspecified atom stereocenters. The van der Waals surface area contributed by atoms with Crippen LogP contribution >= 0.6 is 0 Å². The van der Waals surface area contributed by atoms with E-state index < -0.39 is 48.6 Å². The number of aliphatic hydroxyl groups excluding tert-OH is 2. The zero-order chi connectivity index (χ0) is 21.6. The van der Waals surface area contributed by atoms with Gasteiger partial charge in [-0.3, -0.25) is 0 Å². The van der Waals surface area contributed by atoms with Crippen molar-refractivity contribution >= 4 is 17.9 Å². The lowest BCUT2D eigenvalue weighted by Gasteiger charge is -2.45. The van der Waals surface area contributed by atoms with E-state index in [-0.39, 0.29) is 16.7 Å². The molecule has 9 nitrogen and oxygen atoms in total. The van der Waals surface area contributed by atoms with E-state index in [0.717, 1.165) is 6.92 Å². The van der Waals surface area contributed by atoms with Crippen LogP contribution in [-0.4, -0.2) is 63.9 Å². The third kappa shape index (κ3) is 5.49. The van der Waals surface area contributed by atoms with E-state index in [4.69, 9.17) is 14.2 Å². The Labute approximate surface area is 157 Å². The summed E-state index contributed by atoms with van der Waals surface area (Å²) in [5.41, 5.74) is -3.08. The molecule has 0 bridgehead atoms. The Morgan fingerprint density at radius 2 is 1.19 bits per heavy atom. The summed E-state index contributed by atoms with van der Waals surface area (Å²) < 4.78 is 15.3. The molecular formula is C18H26O9. The van der Waals surface area contributed by atoms with Crippen LogP contribution in [0.1, 0.15) is 27.7 Å². The zero-order valence-electron chi connectivity index (χ0n) is 15.9. The molecule has 0 aromatic carbocycles. The molecule has 0 saturated heterocycles. The predicted octanol–water partition coefficient (Wildman–Crippen LogP) is 0.145. The summed E-state index contributed by atoms with van der Waals surface area (Å²) in [4.78, 5) is 36.2. The first kappa shape index (κ1) is 24.5. The summed E-state index contributed by atoms with van der Waals surface area (Å²) in [5.74, 6) is -6.04. The first-order valence-corrected chi connectivity index (χ1v) is 7.86. The third-order valence-corrected chi connectivity index (χ3v) is 3.52. The molecule has 1 atom stereocenters. The van der Waals surface area contributed by atoms with Crippen LogP contribution in [0.4, 0.5) is 0 Å². The Morgan fingerprint density at radius 1 is 0.852 bits per heavy atom. The summed E-state index contributed by atoms with van der Waals surface area (Å²) in [7, 11) is 0. The van der Waals surface area contributed by atoms with E-state index in [2.05, 4.69) is 19.7 Å². The average Bonchev–Trinajstić information content (AvgIpc) is 2.59. The monoisotopic (exact) mass is 386 g/mol. The normalized spacial score (nSPS) is 12.6. The van der Waals surface area contributed by atoms with Crippen molar-refractivity contribution in [1.82, 2.24) is 0 Å². The highest BCUT2D eigenvalue weighted by Gasteiger charge is 2.62. The van der Waals surface area contributed by atoms with Gasteiger partial charge in [-0.05, 0) is 27.7 Å². The lowest BCUT2D eigenvalue weighted by atomic mass is 9.89. The topological polar surface area (TPSA) is 140 Å². The highest BCUT2D eigenvalue weighted by molar-refractivity contribution is 5.90. The summed E-state index contributed by atoms with van der Waals surface area (Å²) in [6.07, 6.45) is -1.67. The van der Waals surface area contributed by atoms with Crippen LogP contribution in [0.3, 0.4) is 0 Å². The second-order valence-corrected chi connectivity index (χ2v) is 6.18. The Kier molecular flexibility index (Phi) is 8.58. The SMILES string of the molecule is C=C(C)C(=O)OC(C)C(OC(=O)C(=C)C)(OC(=O)C(=C)C)C(O)(CO)CO. The van der Waals surface area contributed by atoms with Gasteiger partial charge >= 0.3 is 23.7 Å². The van der Waals surface area contributed by atoms with Gasteiger partial charge in [0, 0.05) is 16.7 Å². The fraction of sp³-hybridized carbons (Fsp3) is 0.500. The summed E-state index contributed by atoms with van der Waals surface area (Å²) >= 11 is 0. The Balaban J connectivity index is 6.51. The largest absolute Gasteiger partial charge is 0.451 e. The molecule has 0 aliphatic rings. The second-order valence-electron chi connectivity index (χ2n) is 6.18. The first-order valence-electron chi connectivity index (χ1n) is 7.86. The molecule has 27 heavy (non-hydrogen) atoms. The molecule has 0 heterocycles. The number of carbonyl (C=O) groups is 3. The van der Waals surface area contributed by atoms with Crippen molar-refractivity contribution in [3.05, 3.63) is 36.5 Å². The maximum absolute atomic E-state index is 12.1. The highest BCUT2D eigenvalue weighted by Crippen LogP contribution is 2.35. The van der Waals surface area contributed by atoms with Crippen LogP contribution in [0.5, 0.6) is 0 Å². The quantitative estimate of drug-likeness (QED) is 0.272. The number of carbonyl (C=O) groups excluding carboxylic acids is 3. The van der Waals surface area contributed by atoms with E-state index >= 15 is 0 Å². The molecule has 0 amide bonds. The van der Waals surface area contributed by atoms with Gasteiger partial charge in [-0.25, -0.2) is 14.4 Å². The minimum Gasteiger partial charge on any atom is -0.451 e. The van der Waals surface area contributed by atoms with E-state index in [9.17, 15) is 29.7 Å². The Morgan fingerprint density at radius 3 is 1.44 bits per heavy atom. The second kappa shape index (κ2) is 9.45. The van der Waals surface area contributed by atoms with Gasteiger partial charge in [0.15, 0.2) is 11.7 Å². The van der Waals surface area contributed by atoms with Crippen LogP contribution in [0.25, 0.3) is 0 Å². The van der Waals surface area contributed by atoms with Crippen molar-refractivity contribution in [2.45, 2.75) is 45.2 Å². The lowest BCUT2D eigenvalue weighted by Crippen LogP contribution is -2.69.